The second-order valence-electron chi connectivity index (χ2n) is 5.47. The van der Waals surface area contributed by atoms with Crippen LogP contribution in [0.3, 0.4) is 0 Å². The Labute approximate surface area is 123 Å². The molecule has 1 atom stereocenters. The highest BCUT2D eigenvalue weighted by Crippen LogP contribution is 2.16. The summed E-state index contributed by atoms with van der Waals surface area (Å²) in [6.45, 7) is 7.26. The number of nitrogens with zero attached hydrogens (tertiary/aromatic N) is 1. The summed E-state index contributed by atoms with van der Waals surface area (Å²) in [5.74, 6) is 1.30. The number of fused-ring (bicyclic) bond motifs is 1. The first kappa shape index (κ1) is 15.0. The van der Waals surface area contributed by atoms with Crippen molar-refractivity contribution in [1.82, 2.24) is 15.3 Å². The summed E-state index contributed by atoms with van der Waals surface area (Å²) in [5.41, 5.74) is 0.507. The fourth-order valence-corrected chi connectivity index (χ4v) is 2.19. The van der Waals surface area contributed by atoms with E-state index in [9.17, 15) is 4.79 Å². The van der Waals surface area contributed by atoms with E-state index < -0.39 is 0 Å². The SMILES string of the molecule is CC(C)CCN[C@@H](C)c1nc2cc(Cl)ccc2c(=O)[nH]1. The molecule has 20 heavy (non-hydrogen) atoms. The zero-order valence-corrected chi connectivity index (χ0v) is 12.8. The molecule has 0 bridgehead atoms. The molecule has 0 aliphatic rings. The molecule has 0 unspecified atom stereocenters. The minimum Gasteiger partial charge on any atom is -0.309 e. The van der Waals surface area contributed by atoms with Crippen molar-refractivity contribution in [2.75, 3.05) is 6.54 Å². The lowest BCUT2D eigenvalue weighted by molar-refractivity contribution is 0.485. The van der Waals surface area contributed by atoms with Crippen LogP contribution in [0.4, 0.5) is 0 Å². The van der Waals surface area contributed by atoms with Crippen LogP contribution in [0.1, 0.15) is 39.1 Å². The Morgan fingerprint density at radius 3 is 2.80 bits per heavy atom. The van der Waals surface area contributed by atoms with Gasteiger partial charge in [0, 0.05) is 5.02 Å². The minimum atomic E-state index is -0.126. The van der Waals surface area contributed by atoms with E-state index >= 15 is 0 Å². The molecule has 2 N–H and O–H groups in total. The van der Waals surface area contributed by atoms with E-state index in [1.165, 1.54) is 0 Å². The molecule has 1 heterocycles. The maximum absolute atomic E-state index is 12.0. The Balaban J connectivity index is 2.24. The van der Waals surface area contributed by atoms with Gasteiger partial charge in [0.1, 0.15) is 5.82 Å². The van der Waals surface area contributed by atoms with Gasteiger partial charge in [0.05, 0.1) is 16.9 Å². The van der Waals surface area contributed by atoms with Crippen molar-refractivity contribution in [2.24, 2.45) is 5.92 Å². The molecule has 0 radical (unpaired) electrons. The van der Waals surface area contributed by atoms with Crippen LogP contribution in [-0.4, -0.2) is 16.5 Å². The molecule has 2 rings (SSSR count). The van der Waals surface area contributed by atoms with Gasteiger partial charge < -0.3 is 10.3 Å². The number of benzene rings is 1. The van der Waals surface area contributed by atoms with Gasteiger partial charge in [0.25, 0.3) is 5.56 Å². The second kappa shape index (κ2) is 6.37. The first-order valence-corrected chi connectivity index (χ1v) is 7.28. The van der Waals surface area contributed by atoms with Crippen LogP contribution >= 0.6 is 11.6 Å². The molecule has 0 aliphatic heterocycles. The Hall–Kier alpha value is -1.39. The summed E-state index contributed by atoms with van der Waals surface area (Å²) < 4.78 is 0. The van der Waals surface area contributed by atoms with Crippen molar-refractivity contribution in [2.45, 2.75) is 33.2 Å². The van der Waals surface area contributed by atoms with Crippen LogP contribution in [0.25, 0.3) is 10.9 Å². The second-order valence-corrected chi connectivity index (χ2v) is 5.91. The van der Waals surface area contributed by atoms with Crippen molar-refractivity contribution in [3.63, 3.8) is 0 Å². The highest BCUT2D eigenvalue weighted by Gasteiger charge is 2.10. The molecule has 0 spiro atoms. The lowest BCUT2D eigenvalue weighted by Crippen LogP contribution is -2.25. The molecule has 0 fully saturated rings. The molecule has 0 saturated carbocycles. The molecule has 1 aromatic heterocycles. The Kier molecular flexibility index (Phi) is 4.78. The fraction of sp³-hybridized carbons (Fsp3) is 0.467. The van der Waals surface area contributed by atoms with Crippen molar-refractivity contribution < 1.29 is 0 Å². The van der Waals surface area contributed by atoms with Gasteiger partial charge in [-0.25, -0.2) is 4.98 Å². The summed E-state index contributed by atoms with van der Waals surface area (Å²) in [5, 5.41) is 4.52. The van der Waals surface area contributed by atoms with Crippen LogP contribution in [0.2, 0.25) is 5.02 Å². The van der Waals surface area contributed by atoms with Crippen LogP contribution < -0.4 is 10.9 Å². The van der Waals surface area contributed by atoms with Crippen molar-refractivity contribution in [3.05, 3.63) is 39.4 Å². The largest absolute Gasteiger partial charge is 0.309 e. The molecule has 4 nitrogen and oxygen atoms in total. The van der Waals surface area contributed by atoms with Gasteiger partial charge in [-0.1, -0.05) is 25.4 Å². The number of aromatic amines is 1. The molecular weight excluding hydrogens is 274 g/mol. The molecule has 2 aromatic rings. The standard InChI is InChI=1S/C15H20ClN3O/c1-9(2)6-7-17-10(3)14-18-13-8-11(16)4-5-12(13)15(20)19-14/h4-5,8-10,17H,6-7H2,1-3H3,(H,18,19,20)/t10-/m0/s1. The molecule has 0 saturated heterocycles. The highest BCUT2D eigenvalue weighted by molar-refractivity contribution is 6.31. The van der Waals surface area contributed by atoms with E-state index in [4.69, 9.17) is 11.6 Å². The van der Waals surface area contributed by atoms with Gasteiger partial charge in [-0.2, -0.15) is 0 Å². The van der Waals surface area contributed by atoms with Crippen molar-refractivity contribution in [3.8, 4) is 0 Å². The van der Waals surface area contributed by atoms with E-state index in [-0.39, 0.29) is 11.6 Å². The first-order valence-electron chi connectivity index (χ1n) is 6.90. The zero-order chi connectivity index (χ0) is 14.7. The van der Waals surface area contributed by atoms with Crippen LogP contribution in [0.15, 0.2) is 23.0 Å². The monoisotopic (exact) mass is 293 g/mol. The molecule has 0 amide bonds. The summed E-state index contributed by atoms with van der Waals surface area (Å²) in [7, 11) is 0. The Morgan fingerprint density at radius 2 is 2.10 bits per heavy atom. The highest BCUT2D eigenvalue weighted by atomic mass is 35.5. The van der Waals surface area contributed by atoms with E-state index in [1.807, 2.05) is 6.92 Å². The van der Waals surface area contributed by atoms with E-state index in [0.717, 1.165) is 13.0 Å². The first-order chi connectivity index (χ1) is 9.47. The minimum absolute atomic E-state index is 0.00447. The third kappa shape index (κ3) is 3.58. The number of halogens is 1. The normalized spacial score (nSPS) is 13.1. The van der Waals surface area contributed by atoms with Crippen LogP contribution in [-0.2, 0) is 0 Å². The third-order valence-electron chi connectivity index (χ3n) is 3.27. The lowest BCUT2D eigenvalue weighted by Gasteiger charge is -2.14. The summed E-state index contributed by atoms with van der Waals surface area (Å²) in [6, 6.07) is 5.12. The van der Waals surface area contributed by atoms with E-state index in [2.05, 4.69) is 29.1 Å². The number of nitrogens with one attached hydrogen (secondary N) is 2. The van der Waals surface area contributed by atoms with Gasteiger partial charge in [0.15, 0.2) is 0 Å². The van der Waals surface area contributed by atoms with Gasteiger partial charge in [-0.15, -0.1) is 0 Å². The van der Waals surface area contributed by atoms with Crippen LogP contribution in [0.5, 0.6) is 0 Å². The number of aromatic nitrogens is 2. The molecule has 5 heteroatoms. The van der Waals surface area contributed by atoms with Gasteiger partial charge >= 0.3 is 0 Å². The summed E-state index contributed by atoms with van der Waals surface area (Å²) in [6.07, 6.45) is 1.09. The van der Waals surface area contributed by atoms with Gasteiger partial charge in [0.2, 0.25) is 0 Å². The Morgan fingerprint density at radius 1 is 1.35 bits per heavy atom. The van der Waals surface area contributed by atoms with E-state index in [0.29, 0.717) is 27.7 Å². The summed E-state index contributed by atoms with van der Waals surface area (Å²) >= 11 is 5.95. The topological polar surface area (TPSA) is 57.8 Å². The van der Waals surface area contributed by atoms with E-state index in [1.54, 1.807) is 18.2 Å². The van der Waals surface area contributed by atoms with Crippen LogP contribution in [0, 0.1) is 5.92 Å². The van der Waals surface area contributed by atoms with Gasteiger partial charge in [-0.3, -0.25) is 4.79 Å². The van der Waals surface area contributed by atoms with Crippen molar-refractivity contribution in [1.29, 1.82) is 0 Å². The van der Waals surface area contributed by atoms with Crippen molar-refractivity contribution >= 4 is 22.5 Å². The number of rotatable bonds is 5. The third-order valence-corrected chi connectivity index (χ3v) is 3.50. The number of hydrogen-bond acceptors (Lipinski definition) is 3. The molecule has 1 aromatic carbocycles. The smallest absolute Gasteiger partial charge is 0.258 e. The zero-order valence-electron chi connectivity index (χ0n) is 12.0. The molecule has 108 valence electrons. The number of hydrogen-bond donors (Lipinski definition) is 2. The quantitative estimate of drug-likeness (QED) is 0.889. The molecular formula is C15H20ClN3O. The number of H-pyrrole nitrogens is 1. The lowest BCUT2D eigenvalue weighted by atomic mass is 10.1. The Bertz CT molecular complexity index is 651. The average Bonchev–Trinajstić information content (AvgIpc) is 2.37. The van der Waals surface area contributed by atoms with Gasteiger partial charge in [-0.05, 0) is 44.0 Å². The maximum atomic E-state index is 12.0. The predicted octanol–water partition coefficient (Wildman–Crippen LogP) is 3.27. The average molecular weight is 294 g/mol. The summed E-state index contributed by atoms with van der Waals surface area (Å²) in [4.78, 5) is 19.4. The fourth-order valence-electron chi connectivity index (χ4n) is 2.02. The predicted molar refractivity (Wildman–Crippen MR) is 83.2 cm³/mol. The maximum Gasteiger partial charge on any atom is 0.258 e. The molecule has 0 aliphatic carbocycles.